The van der Waals surface area contributed by atoms with Gasteiger partial charge in [0.05, 0.1) is 33.9 Å². The van der Waals surface area contributed by atoms with E-state index in [1.165, 1.54) is 31.3 Å². The maximum Gasteiger partial charge on any atom is 0.416 e. The molecule has 0 aliphatic carbocycles. The number of rotatable bonds is 7. The number of hydrogen-bond acceptors (Lipinski definition) is 6. The molecule has 2 atom stereocenters. The topological polar surface area (TPSA) is 85.1 Å². The molecule has 0 fully saturated rings. The van der Waals surface area contributed by atoms with Crippen LogP contribution < -0.4 is 9.47 Å². The number of carbonyl (C=O) groups excluding carboxylic acids is 1. The van der Waals surface area contributed by atoms with Gasteiger partial charge in [-0.05, 0) is 48.9 Å². The lowest BCUT2D eigenvalue weighted by Gasteiger charge is -2.19. The van der Waals surface area contributed by atoms with Crippen molar-refractivity contribution in [2.24, 2.45) is 0 Å². The zero-order valence-electron chi connectivity index (χ0n) is 19.0. The van der Waals surface area contributed by atoms with Crippen LogP contribution in [0.4, 0.5) is 13.2 Å². The van der Waals surface area contributed by atoms with E-state index in [4.69, 9.17) is 32.7 Å². The maximum atomic E-state index is 13.1. The fourth-order valence-electron chi connectivity index (χ4n) is 3.45. The Hall–Kier alpha value is -3.87. The first kappa shape index (κ1) is 26.2. The molecule has 0 spiro atoms. The highest BCUT2D eigenvalue weighted by atomic mass is 35.5. The van der Waals surface area contributed by atoms with Gasteiger partial charge in [-0.2, -0.15) is 18.4 Å². The summed E-state index contributed by atoms with van der Waals surface area (Å²) in [7, 11) is 0. The molecule has 0 bridgehead atoms. The Morgan fingerprint density at radius 2 is 1.84 bits per heavy atom. The van der Waals surface area contributed by atoms with E-state index in [1.54, 1.807) is 30.3 Å². The van der Waals surface area contributed by atoms with Crippen LogP contribution in [0, 0.1) is 11.3 Å². The number of hydrogen-bond donors (Lipinski definition) is 0. The van der Waals surface area contributed by atoms with Crippen LogP contribution in [0.1, 0.15) is 24.0 Å². The van der Waals surface area contributed by atoms with Crippen molar-refractivity contribution >= 4 is 40.0 Å². The molecule has 1 aromatic heterocycles. The summed E-state index contributed by atoms with van der Waals surface area (Å²) in [6, 6.07) is 15.3. The van der Waals surface area contributed by atoms with E-state index in [1.807, 2.05) is 0 Å². The van der Waals surface area contributed by atoms with Gasteiger partial charge in [-0.3, -0.25) is 4.79 Å². The molecule has 0 aliphatic heterocycles. The summed E-state index contributed by atoms with van der Waals surface area (Å²) in [5, 5.41) is 10.2. The molecule has 4 aromatic rings. The molecule has 4 rings (SSSR count). The number of carbonyl (C=O) groups is 1. The summed E-state index contributed by atoms with van der Waals surface area (Å²) in [5.74, 6) is -1.68. The maximum absolute atomic E-state index is 13.1. The quantitative estimate of drug-likeness (QED) is 0.240. The Balaban J connectivity index is 1.52. The number of aromatic nitrogens is 2. The Labute approximate surface area is 219 Å². The molecule has 37 heavy (non-hydrogen) atoms. The zero-order chi connectivity index (χ0) is 26.7. The lowest BCUT2D eigenvalue weighted by molar-refractivity contribution is -0.137. The highest BCUT2D eigenvalue weighted by Gasteiger charge is 2.33. The number of nitriles is 1. The van der Waals surface area contributed by atoms with Crippen molar-refractivity contribution in [2.75, 3.05) is 0 Å². The number of alkyl halides is 3. The van der Waals surface area contributed by atoms with E-state index < -0.39 is 29.5 Å². The normalized spacial score (nSPS) is 13.0. The van der Waals surface area contributed by atoms with Crippen LogP contribution in [0.15, 0.2) is 66.9 Å². The van der Waals surface area contributed by atoms with E-state index in [0.717, 1.165) is 18.2 Å². The predicted molar refractivity (Wildman–Crippen MR) is 131 cm³/mol. The molecule has 11 heteroatoms. The summed E-state index contributed by atoms with van der Waals surface area (Å²) >= 11 is 12.2. The second-order valence-electron chi connectivity index (χ2n) is 7.88. The van der Waals surface area contributed by atoms with Gasteiger partial charge in [0.25, 0.3) is 0 Å². The van der Waals surface area contributed by atoms with Crippen molar-refractivity contribution in [3.8, 4) is 23.4 Å². The highest BCUT2D eigenvalue weighted by molar-refractivity contribution is 6.32. The Morgan fingerprint density at radius 1 is 1.05 bits per heavy atom. The Bertz CT molecular complexity index is 1520. The molecule has 1 heterocycles. The summed E-state index contributed by atoms with van der Waals surface area (Å²) in [5.41, 5.74) is 0.0975. The summed E-state index contributed by atoms with van der Waals surface area (Å²) in [6.07, 6.45) is -4.42. The Morgan fingerprint density at radius 3 is 2.57 bits per heavy atom. The molecule has 2 unspecified atom stereocenters. The van der Waals surface area contributed by atoms with Crippen molar-refractivity contribution in [1.82, 2.24) is 9.97 Å². The molecule has 188 valence electrons. The van der Waals surface area contributed by atoms with Crippen molar-refractivity contribution in [3.63, 3.8) is 0 Å². The summed E-state index contributed by atoms with van der Waals surface area (Å²) in [6.45, 7) is 1.38. The standard InChI is InChI=1S/C26H16Cl2F3N3O3/c1-14(25(35)19(12-32)15-3-2-4-16(9-15)26(29,30)31)36-23-11-18(6-7-20(23)28)37-24-13-33-22-10-17(27)5-8-21(22)34-24/h2-11,13-14,19H,1H3. The third-order valence-electron chi connectivity index (χ3n) is 5.27. The monoisotopic (exact) mass is 545 g/mol. The minimum absolute atomic E-state index is 0.0706. The van der Waals surface area contributed by atoms with Crippen LogP contribution in [-0.2, 0) is 11.0 Å². The van der Waals surface area contributed by atoms with Gasteiger partial charge in [-0.1, -0.05) is 41.4 Å². The van der Waals surface area contributed by atoms with Gasteiger partial charge in [-0.25, -0.2) is 9.97 Å². The van der Waals surface area contributed by atoms with Gasteiger partial charge in [0, 0.05) is 11.1 Å². The largest absolute Gasteiger partial charge is 0.481 e. The number of ketones is 1. The van der Waals surface area contributed by atoms with Crippen molar-refractivity contribution in [3.05, 3.63) is 88.0 Å². The number of ether oxygens (including phenoxy) is 2. The first-order chi connectivity index (χ1) is 17.5. The van der Waals surface area contributed by atoms with Crippen molar-refractivity contribution < 1.29 is 27.4 Å². The number of Topliss-reactive ketones (excluding diaryl/α,β-unsaturated/α-hetero) is 1. The Kier molecular flexibility index (Phi) is 7.52. The average molecular weight is 546 g/mol. The van der Waals surface area contributed by atoms with E-state index in [0.29, 0.717) is 16.1 Å². The molecule has 0 saturated carbocycles. The molecular weight excluding hydrogens is 530 g/mol. The molecular formula is C26H16Cl2F3N3O3. The second kappa shape index (κ2) is 10.6. The lowest BCUT2D eigenvalue weighted by atomic mass is 9.92. The third-order valence-corrected chi connectivity index (χ3v) is 5.82. The third kappa shape index (κ3) is 6.10. The molecule has 0 saturated heterocycles. The van der Waals surface area contributed by atoms with Crippen LogP contribution in [0.25, 0.3) is 11.0 Å². The SMILES string of the molecule is CC(Oc1cc(Oc2cnc3cc(Cl)ccc3n2)ccc1Cl)C(=O)C(C#N)c1cccc(C(F)(F)F)c1. The first-order valence-corrected chi connectivity index (χ1v) is 11.5. The highest BCUT2D eigenvalue weighted by Crippen LogP contribution is 2.34. The molecule has 0 radical (unpaired) electrons. The fraction of sp³-hybridized carbons (Fsp3) is 0.154. The molecule has 0 aliphatic rings. The summed E-state index contributed by atoms with van der Waals surface area (Å²) < 4.78 is 50.7. The smallest absolute Gasteiger partial charge is 0.416 e. The molecule has 0 amide bonds. The van der Waals surface area contributed by atoms with Gasteiger partial charge in [0.15, 0.2) is 11.9 Å². The minimum Gasteiger partial charge on any atom is -0.481 e. The summed E-state index contributed by atoms with van der Waals surface area (Å²) in [4.78, 5) is 21.6. The average Bonchev–Trinajstić information content (AvgIpc) is 2.86. The van der Waals surface area contributed by atoms with Gasteiger partial charge >= 0.3 is 6.18 Å². The van der Waals surface area contributed by atoms with E-state index in [-0.39, 0.29) is 28.0 Å². The van der Waals surface area contributed by atoms with Crippen LogP contribution in [0.2, 0.25) is 10.0 Å². The molecule has 6 nitrogen and oxygen atoms in total. The van der Waals surface area contributed by atoms with Crippen LogP contribution in [0.5, 0.6) is 17.4 Å². The second-order valence-corrected chi connectivity index (χ2v) is 8.73. The number of fused-ring (bicyclic) bond motifs is 1. The molecule has 0 N–H and O–H groups in total. The van der Waals surface area contributed by atoms with Crippen LogP contribution >= 0.6 is 23.2 Å². The fourth-order valence-corrected chi connectivity index (χ4v) is 3.78. The van der Waals surface area contributed by atoms with E-state index in [9.17, 15) is 23.2 Å². The first-order valence-electron chi connectivity index (χ1n) is 10.7. The number of halogens is 5. The predicted octanol–water partition coefficient (Wildman–Crippen LogP) is 7.39. The van der Waals surface area contributed by atoms with Gasteiger partial charge in [-0.15, -0.1) is 0 Å². The van der Waals surface area contributed by atoms with E-state index in [2.05, 4.69) is 9.97 Å². The lowest BCUT2D eigenvalue weighted by Crippen LogP contribution is -2.29. The van der Waals surface area contributed by atoms with Crippen LogP contribution in [-0.4, -0.2) is 21.9 Å². The zero-order valence-corrected chi connectivity index (χ0v) is 20.5. The van der Waals surface area contributed by atoms with Gasteiger partial charge in [0.2, 0.25) is 5.88 Å². The molecule has 3 aromatic carbocycles. The number of nitrogens with zero attached hydrogens (tertiary/aromatic N) is 3. The number of benzene rings is 3. The van der Waals surface area contributed by atoms with Gasteiger partial charge in [0.1, 0.15) is 17.4 Å². The van der Waals surface area contributed by atoms with E-state index >= 15 is 0 Å². The van der Waals surface area contributed by atoms with Gasteiger partial charge < -0.3 is 9.47 Å². The minimum atomic E-state index is -4.61. The van der Waals surface area contributed by atoms with Crippen molar-refractivity contribution in [2.45, 2.75) is 25.1 Å². The van der Waals surface area contributed by atoms with Crippen molar-refractivity contribution in [1.29, 1.82) is 5.26 Å². The van der Waals surface area contributed by atoms with Crippen LogP contribution in [0.3, 0.4) is 0 Å².